The second kappa shape index (κ2) is 6.42. The van der Waals surface area contributed by atoms with Crippen LogP contribution in [0.3, 0.4) is 0 Å². The Balaban J connectivity index is 1.82. The first-order valence-electron chi connectivity index (χ1n) is 7.96. The Labute approximate surface area is 125 Å². The van der Waals surface area contributed by atoms with Crippen LogP contribution in [0.1, 0.15) is 44.3 Å². The van der Waals surface area contributed by atoms with Gasteiger partial charge in [-0.05, 0) is 50.6 Å². The zero-order chi connectivity index (χ0) is 14.7. The lowest BCUT2D eigenvalue weighted by atomic mass is 9.81. The number of rotatable bonds is 3. The van der Waals surface area contributed by atoms with Crippen molar-refractivity contribution in [3.8, 4) is 0 Å². The minimum absolute atomic E-state index is 0.0656. The molecule has 3 rings (SSSR count). The Bertz CT molecular complexity index is 474. The van der Waals surface area contributed by atoms with Crippen molar-refractivity contribution >= 4 is 0 Å². The summed E-state index contributed by atoms with van der Waals surface area (Å²) >= 11 is 0. The van der Waals surface area contributed by atoms with Gasteiger partial charge >= 0.3 is 0 Å². The molecule has 0 amide bonds. The summed E-state index contributed by atoms with van der Waals surface area (Å²) in [5.74, 6) is -0.200. The third-order valence-electron chi connectivity index (χ3n) is 4.61. The molecule has 0 bridgehead atoms. The number of nitrogens with one attached hydrogen (secondary N) is 1. The number of benzene rings is 1. The molecule has 2 fully saturated rings. The van der Waals surface area contributed by atoms with Crippen molar-refractivity contribution in [2.24, 2.45) is 0 Å². The van der Waals surface area contributed by atoms with Gasteiger partial charge < -0.3 is 14.8 Å². The van der Waals surface area contributed by atoms with Crippen molar-refractivity contribution in [2.45, 2.75) is 50.4 Å². The van der Waals surface area contributed by atoms with Crippen LogP contribution in [0, 0.1) is 5.82 Å². The van der Waals surface area contributed by atoms with Gasteiger partial charge in [0.15, 0.2) is 0 Å². The Morgan fingerprint density at radius 3 is 2.90 bits per heavy atom. The molecule has 4 heteroatoms. The Morgan fingerprint density at radius 2 is 2.19 bits per heavy atom. The van der Waals surface area contributed by atoms with Crippen LogP contribution in [0.25, 0.3) is 0 Å². The van der Waals surface area contributed by atoms with E-state index in [1.54, 1.807) is 12.1 Å². The monoisotopic (exact) mass is 293 g/mol. The van der Waals surface area contributed by atoms with E-state index in [9.17, 15) is 4.39 Å². The van der Waals surface area contributed by atoms with Gasteiger partial charge in [0, 0.05) is 19.4 Å². The summed E-state index contributed by atoms with van der Waals surface area (Å²) in [5.41, 5.74) is 0.817. The molecule has 0 saturated carbocycles. The normalized spacial score (nSPS) is 28.7. The summed E-state index contributed by atoms with van der Waals surface area (Å²) < 4.78 is 25.8. The van der Waals surface area contributed by atoms with Crippen molar-refractivity contribution < 1.29 is 13.9 Å². The molecule has 0 aromatic heterocycles. The maximum Gasteiger partial charge on any atom is 0.123 e. The zero-order valence-electron chi connectivity index (χ0n) is 12.6. The predicted octanol–water partition coefficient (Wildman–Crippen LogP) is 3.20. The number of halogens is 1. The third kappa shape index (κ3) is 3.44. The van der Waals surface area contributed by atoms with Gasteiger partial charge in [0.1, 0.15) is 5.82 Å². The van der Waals surface area contributed by atoms with E-state index in [4.69, 9.17) is 9.47 Å². The topological polar surface area (TPSA) is 30.5 Å². The summed E-state index contributed by atoms with van der Waals surface area (Å²) in [6.07, 6.45) is 3.91. The lowest BCUT2D eigenvalue weighted by Crippen LogP contribution is -2.50. The average molecular weight is 293 g/mol. The summed E-state index contributed by atoms with van der Waals surface area (Å²) in [4.78, 5) is 0. The van der Waals surface area contributed by atoms with Crippen LogP contribution in [0.5, 0.6) is 0 Å². The highest BCUT2D eigenvalue weighted by atomic mass is 19.1. The molecule has 3 nitrogen and oxygen atoms in total. The quantitative estimate of drug-likeness (QED) is 0.928. The van der Waals surface area contributed by atoms with E-state index in [0.717, 1.165) is 50.9 Å². The summed E-state index contributed by atoms with van der Waals surface area (Å²) in [7, 11) is 0. The Hall–Kier alpha value is -0.970. The second-order valence-electron chi connectivity index (χ2n) is 6.11. The first-order chi connectivity index (χ1) is 10.2. The molecular weight excluding hydrogens is 269 g/mol. The van der Waals surface area contributed by atoms with E-state index in [-0.39, 0.29) is 23.6 Å². The minimum Gasteiger partial charge on any atom is -0.378 e. The smallest absolute Gasteiger partial charge is 0.123 e. The third-order valence-corrected chi connectivity index (χ3v) is 4.61. The van der Waals surface area contributed by atoms with Gasteiger partial charge in [0.25, 0.3) is 0 Å². The van der Waals surface area contributed by atoms with E-state index in [1.165, 1.54) is 6.07 Å². The van der Waals surface area contributed by atoms with Crippen LogP contribution in [-0.2, 0) is 9.47 Å². The van der Waals surface area contributed by atoms with Crippen LogP contribution in [0.2, 0.25) is 0 Å². The Morgan fingerprint density at radius 1 is 1.38 bits per heavy atom. The Kier molecular flexibility index (Phi) is 4.57. The molecule has 2 saturated heterocycles. The van der Waals surface area contributed by atoms with E-state index in [2.05, 4.69) is 5.32 Å². The van der Waals surface area contributed by atoms with Gasteiger partial charge in [-0.3, -0.25) is 0 Å². The van der Waals surface area contributed by atoms with E-state index >= 15 is 0 Å². The molecule has 0 aliphatic carbocycles. The van der Waals surface area contributed by atoms with E-state index in [0.29, 0.717) is 0 Å². The summed E-state index contributed by atoms with van der Waals surface area (Å²) in [5, 5.41) is 3.39. The minimum atomic E-state index is -0.200. The van der Waals surface area contributed by atoms with Crippen molar-refractivity contribution in [3.05, 3.63) is 35.6 Å². The molecule has 1 aromatic carbocycles. The molecule has 0 radical (unpaired) electrons. The molecule has 2 unspecified atom stereocenters. The maximum absolute atomic E-state index is 13.5. The van der Waals surface area contributed by atoms with Crippen molar-refractivity contribution in [2.75, 3.05) is 19.7 Å². The predicted molar refractivity (Wildman–Crippen MR) is 79.7 cm³/mol. The first-order valence-corrected chi connectivity index (χ1v) is 7.96. The molecule has 1 spiro atoms. The van der Waals surface area contributed by atoms with Crippen LogP contribution in [0.4, 0.5) is 4.39 Å². The van der Waals surface area contributed by atoms with Crippen molar-refractivity contribution in [1.82, 2.24) is 5.32 Å². The fourth-order valence-electron chi connectivity index (χ4n) is 3.61. The standard InChI is InChI=1S/C17H24FNO2/c1-2-20-15-11-16(13-4-3-5-14(18)10-13)21-17(12-15)6-8-19-9-7-17/h3-5,10,15-16,19H,2,6-9,11-12H2,1H3. The fraction of sp³-hybridized carbons (Fsp3) is 0.647. The average Bonchev–Trinajstić information content (AvgIpc) is 2.48. The van der Waals surface area contributed by atoms with Gasteiger partial charge in [-0.1, -0.05) is 12.1 Å². The molecule has 21 heavy (non-hydrogen) atoms. The highest BCUT2D eigenvalue weighted by Crippen LogP contribution is 2.42. The lowest BCUT2D eigenvalue weighted by molar-refractivity contribution is -0.185. The van der Waals surface area contributed by atoms with E-state index < -0.39 is 0 Å². The highest BCUT2D eigenvalue weighted by Gasteiger charge is 2.43. The van der Waals surface area contributed by atoms with Crippen LogP contribution in [0.15, 0.2) is 24.3 Å². The molecule has 1 aromatic rings. The summed E-state index contributed by atoms with van der Waals surface area (Å²) in [6.45, 7) is 4.71. The molecule has 2 aliphatic heterocycles. The largest absolute Gasteiger partial charge is 0.378 e. The highest BCUT2D eigenvalue weighted by molar-refractivity contribution is 5.20. The van der Waals surface area contributed by atoms with Gasteiger partial charge in [0.2, 0.25) is 0 Å². The maximum atomic E-state index is 13.5. The molecule has 1 N–H and O–H groups in total. The van der Waals surface area contributed by atoms with Gasteiger partial charge in [-0.15, -0.1) is 0 Å². The second-order valence-corrected chi connectivity index (χ2v) is 6.11. The fourth-order valence-corrected chi connectivity index (χ4v) is 3.61. The molecule has 2 aliphatic rings. The van der Waals surface area contributed by atoms with Gasteiger partial charge in [-0.25, -0.2) is 4.39 Å². The van der Waals surface area contributed by atoms with Crippen LogP contribution >= 0.6 is 0 Å². The molecule has 116 valence electrons. The van der Waals surface area contributed by atoms with Crippen LogP contribution < -0.4 is 5.32 Å². The number of ether oxygens (including phenoxy) is 2. The first kappa shape index (κ1) is 14.9. The number of piperidine rings is 1. The molecule has 2 atom stereocenters. The lowest BCUT2D eigenvalue weighted by Gasteiger charge is -2.47. The SMILES string of the molecule is CCOC1CC(c2cccc(F)c2)OC2(CCNCC2)C1. The molecular formula is C17H24FNO2. The van der Waals surface area contributed by atoms with Crippen molar-refractivity contribution in [3.63, 3.8) is 0 Å². The number of hydrogen-bond donors (Lipinski definition) is 1. The summed E-state index contributed by atoms with van der Waals surface area (Å²) in [6, 6.07) is 6.78. The van der Waals surface area contributed by atoms with Crippen molar-refractivity contribution in [1.29, 1.82) is 0 Å². The van der Waals surface area contributed by atoms with Crippen LogP contribution in [-0.4, -0.2) is 31.4 Å². The van der Waals surface area contributed by atoms with Gasteiger partial charge in [-0.2, -0.15) is 0 Å². The zero-order valence-corrected chi connectivity index (χ0v) is 12.6. The number of hydrogen-bond acceptors (Lipinski definition) is 3. The van der Waals surface area contributed by atoms with E-state index in [1.807, 2.05) is 13.0 Å². The molecule has 2 heterocycles. The van der Waals surface area contributed by atoms with Gasteiger partial charge in [0.05, 0.1) is 17.8 Å².